The van der Waals surface area contributed by atoms with Gasteiger partial charge in [-0.05, 0) is 49.2 Å². The van der Waals surface area contributed by atoms with Gasteiger partial charge in [0.05, 0.1) is 6.04 Å². The van der Waals surface area contributed by atoms with Gasteiger partial charge in [-0.2, -0.15) is 0 Å². The maximum Gasteiger partial charge on any atom is 0.254 e. The minimum Gasteiger partial charge on any atom is -0.398 e. The van der Waals surface area contributed by atoms with Crippen molar-refractivity contribution in [1.82, 2.24) is 4.90 Å². The second-order valence-electron chi connectivity index (χ2n) is 5.17. The van der Waals surface area contributed by atoms with Crippen LogP contribution >= 0.6 is 11.6 Å². The first-order chi connectivity index (χ1) is 9.91. The molecule has 0 heterocycles. The van der Waals surface area contributed by atoms with Crippen LogP contribution in [0.25, 0.3) is 0 Å². The lowest BCUT2D eigenvalue weighted by molar-refractivity contribution is 0.0742. The smallest absolute Gasteiger partial charge is 0.254 e. The van der Waals surface area contributed by atoms with Gasteiger partial charge in [-0.25, -0.2) is 0 Å². The van der Waals surface area contributed by atoms with Crippen molar-refractivity contribution in [2.24, 2.45) is 0 Å². The number of nitrogen functional groups attached to an aromatic ring is 1. The SMILES string of the molecule is Cc1c(N)cccc1C(=O)N(C)C(C)c1cccc(Cl)c1. The van der Waals surface area contributed by atoms with Crippen LogP contribution in [-0.2, 0) is 0 Å². The Balaban J connectivity index is 2.29. The zero-order valence-electron chi connectivity index (χ0n) is 12.4. The van der Waals surface area contributed by atoms with E-state index in [1.807, 2.05) is 38.1 Å². The predicted molar refractivity (Wildman–Crippen MR) is 87.6 cm³/mol. The monoisotopic (exact) mass is 302 g/mol. The summed E-state index contributed by atoms with van der Waals surface area (Å²) >= 11 is 6.02. The van der Waals surface area contributed by atoms with E-state index < -0.39 is 0 Å². The van der Waals surface area contributed by atoms with Gasteiger partial charge >= 0.3 is 0 Å². The highest BCUT2D eigenvalue weighted by atomic mass is 35.5. The Hall–Kier alpha value is -2.00. The Labute approximate surface area is 130 Å². The van der Waals surface area contributed by atoms with E-state index in [4.69, 9.17) is 17.3 Å². The van der Waals surface area contributed by atoms with Crippen molar-refractivity contribution in [2.75, 3.05) is 12.8 Å². The van der Waals surface area contributed by atoms with Gasteiger partial charge in [-0.3, -0.25) is 4.79 Å². The summed E-state index contributed by atoms with van der Waals surface area (Å²) in [5, 5.41) is 0.667. The third kappa shape index (κ3) is 3.19. The first-order valence-corrected chi connectivity index (χ1v) is 7.17. The number of carbonyl (C=O) groups excluding carboxylic acids is 1. The molecule has 2 aromatic rings. The molecule has 0 bridgehead atoms. The molecule has 1 unspecified atom stereocenters. The summed E-state index contributed by atoms with van der Waals surface area (Å²) in [6.45, 7) is 3.84. The average Bonchev–Trinajstić information content (AvgIpc) is 2.48. The minimum atomic E-state index is -0.0722. The second-order valence-corrected chi connectivity index (χ2v) is 5.60. The number of rotatable bonds is 3. The molecular formula is C17H19ClN2O. The zero-order valence-corrected chi connectivity index (χ0v) is 13.2. The van der Waals surface area contributed by atoms with E-state index in [0.29, 0.717) is 16.3 Å². The summed E-state index contributed by atoms with van der Waals surface area (Å²) in [7, 11) is 1.79. The summed E-state index contributed by atoms with van der Waals surface area (Å²) in [5.74, 6) is -0.0488. The van der Waals surface area contributed by atoms with Crippen molar-refractivity contribution in [3.8, 4) is 0 Å². The van der Waals surface area contributed by atoms with Crippen LogP contribution < -0.4 is 5.73 Å². The lowest BCUT2D eigenvalue weighted by Crippen LogP contribution is -2.30. The molecule has 0 radical (unpaired) electrons. The summed E-state index contributed by atoms with van der Waals surface area (Å²) in [5.41, 5.74) is 8.95. The molecule has 0 saturated carbocycles. The largest absolute Gasteiger partial charge is 0.398 e. The van der Waals surface area contributed by atoms with Crippen LogP contribution in [0, 0.1) is 6.92 Å². The summed E-state index contributed by atoms with van der Waals surface area (Å²) in [6.07, 6.45) is 0. The number of nitrogens with two attached hydrogens (primary N) is 1. The molecular weight excluding hydrogens is 284 g/mol. The van der Waals surface area contributed by atoms with Crippen LogP contribution in [0.4, 0.5) is 5.69 Å². The molecule has 2 aromatic carbocycles. The topological polar surface area (TPSA) is 46.3 Å². The van der Waals surface area contributed by atoms with Gasteiger partial charge in [-0.15, -0.1) is 0 Å². The van der Waals surface area contributed by atoms with E-state index >= 15 is 0 Å². The lowest BCUT2D eigenvalue weighted by atomic mass is 10.0. The number of hydrogen-bond donors (Lipinski definition) is 1. The average molecular weight is 303 g/mol. The van der Waals surface area contributed by atoms with E-state index in [2.05, 4.69) is 0 Å². The fraction of sp³-hybridized carbons (Fsp3) is 0.235. The fourth-order valence-corrected chi connectivity index (χ4v) is 2.44. The molecule has 1 amide bonds. The maximum atomic E-state index is 12.7. The molecule has 0 aromatic heterocycles. The normalized spacial score (nSPS) is 12.0. The molecule has 2 rings (SSSR count). The third-order valence-electron chi connectivity index (χ3n) is 3.84. The molecule has 0 aliphatic rings. The molecule has 1 atom stereocenters. The Bertz CT molecular complexity index is 670. The second kappa shape index (κ2) is 6.19. The van der Waals surface area contributed by atoms with Crippen LogP contribution in [0.3, 0.4) is 0 Å². The van der Waals surface area contributed by atoms with Crippen molar-refractivity contribution in [3.63, 3.8) is 0 Å². The summed E-state index contributed by atoms with van der Waals surface area (Å²) in [4.78, 5) is 14.4. The summed E-state index contributed by atoms with van der Waals surface area (Å²) < 4.78 is 0. The Morgan fingerprint density at radius 1 is 1.24 bits per heavy atom. The highest BCUT2D eigenvalue weighted by Gasteiger charge is 2.20. The molecule has 0 aliphatic carbocycles. The van der Waals surface area contributed by atoms with Gasteiger partial charge in [-0.1, -0.05) is 29.8 Å². The molecule has 21 heavy (non-hydrogen) atoms. The lowest BCUT2D eigenvalue weighted by Gasteiger charge is -2.26. The number of hydrogen-bond acceptors (Lipinski definition) is 2. The van der Waals surface area contributed by atoms with Crippen molar-refractivity contribution in [3.05, 3.63) is 64.2 Å². The molecule has 0 spiro atoms. The highest BCUT2D eigenvalue weighted by molar-refractivity contribution is 6.30. The van der Waals surface area contributed by atoms with Crippen molar-refractivity contribution in [2.45, 2.75) is 19.9 Å². The number of halogens is 1. The van der Waals surface area contributed by atoms with Gasteiger partial charge in [0.15, 0.2) is 0 Å². The van der Waals surface area contributed by atoms with E-state index in [1.165, 1.54) is 0 Å². The molecule has 110 valence electrons. The first-order valence-electron chi connectivity index (χ1n) is 6.79. The van der Waals surface area contributed by atoms with Gasteiger partial charge in [0, 0.05) is 23.3 Å². The standard InChI is InChI=1S/C17H19ClN2O/c1-11-15(8-5-9-16(11)19)17(21)20(3)12(2)13-6-4-7-14(18)10-13/h4-10,12H,19H2,1-3H3. The molecule has 0 aliphatic heterocycles. The number of amides is 1. The number of carbonyl (C=O) groups is 1. The van der Waals surface area contributed by atoms with E-state index in [0.717, 1.165) is 11.1 Å². The van der Waals surface area contributed by atoms with Gasteiger partial charge in [0.2, 0.25) is 0 Å². The number of nitrogens with zero attached hydrogens (tertiary/aromatic N) is 1. The van der Waals surface area contributed by atoms with Gasteiger partial charge < -0.3 is 10.6 Å². The highest BCUT2D eigenvalue weighted by Crippen LogP contribution is 2.25. The van der Waals surface area contributed by atoms with E-state index in [-0.39, 0.29) is 11.9 Å². The third-order valence-corrected chi connectivity index (χ3v) is 4.07. The number of benzene rings is 2. The van der Waals surface area contributed by atoms with Crippen LogP contribution in [0.1, 0.15) is 34.5 Å². The van der Waals surface area contributed by atoms with E-state index in [1.54, 1.807) is 30.1 Å². The zero-order chi connectivity index (χ0) is 15.6. The van der Waals surface area contributed by atoms with Crippen molar-refractivity contribution in [1.29, 1.82) is 0 Å². The molecule has 0 saturated heterocycles. The Kier molecular flexibility index (Phi) is 4.53. The van der Waals surface area contributed by atoms with E-state index in [9.17, 15) is 4.79 Å². The van der Waals surface area contributed by atoms with Crippen LogP contribution in [-0.4, -0.2) is 17.9 Å². The predicted octanol–water partition coefficient (Wildman–Crippen LogP) is 4.06. The fourth-order valence-electron chi connectivity index (χ4n) is 2.24. The van der Waals surface area contributed by atoms with Crippen molar-refractivity contribution < 1.29 is 4.79 Å². The van der Waals surface area contributed by atoms with Crippen LogP contribution in [0.5, 0.6) is 0 Å². The Morgan fingerprint density at radius 2 is 1.90 bits per heavy atom. The molecule has 2 N–H and O–H groups in total. The van der Waals surface area contributed by atoms with Gasteiger partial charge in [0.25, 0.3) is 5.91 Å². The molecule has 0 fully saturated rings. The van der Waals surface area contributed by atoms with Crippen molar-refractivity contribution >= 4 is 23.2 Å². The molecule has 3 nitrogen and oxygen atoms in total. The molecule has 4 heteroatoms. The first kappa shape index (κ1) is 15.4. The van der Waals surface area contributed by atoms with Crippen LogP contribution in [0.15, 0.2) is 42.5 Å². The number of anilines is 1. The summed E-state index contributed by atoms with van der Waals surface area (Å²) in [6, 6.07) is 12.9. The van der Waals surface area contributed by atoms with Gasteiger partial charge in [0.1, 0.15) is 0 Å². The van der Waals surface area contributed by atoms with Crippen LogP contribution in [0.2, 0.25) is 5.02 Å². The quantitative estimate of drug-likeness (QED) is 0.869. The minimum absolute atomic E-state index is 0.0488. The Morgan fingerprint density at radius 3 is 2.57 bits per heavy atom. The maximum absolute atomic E-state index is 12.7.